The Bertz CT molecular complexity index is 526. The molecule has 1 nitrogen and oxygen atoms in total. The number of thioether (sulfide) groups is 5. The van der Waals surface area contributed by atoms with Crippen LogP contribution in [0.5, 0.6) is 0 Å². The maximum absolute atomic E-state index is 6.64. The molecule has 0 fully saturated rings. The van der Waals surface area contributed by atoms with Crippen LogP contribution >= 0.6 is 58.8 Å². The molecule has 1 rings (SSSR count). The number of anilines is 1. The lowest BCUT2D eigenvalue weighted by Crippen LogP contribution is -2.04. The molecule has 6 heteroatoms. The average Bonchev–Trinajstić information content (AvgIpc) is 2.42. The van der Waals surface area contributed by atoms with E-state index in [1.54, 1.807) is 11.8 Å². The summed E-state index contributed by atoms with van der Waals surface area (Å²) < 4.78 is 0. The summed E-state index contributed by atoms with van der Waals surface area (Å²) in [5.41, 5.74) is 7.61. The van der Waals surface area contributed by atoms with Gasteiger partial charge in [0, 0.05) is 40.2 Å². The van der Waals surface area contributed by atoms with Crippen molar-refractivity contribution in [3.05, 3.63) is 0 Å². The molecule has 1 aromatic carbocycles. The summed E-state index contributed by atoms with van der Waals surface area (Å²) in [5.74, 6) is 0. The van der Waals surface area contributed by atoms with Crippen molar-refractivity contribution in [3.63, 3.8) is 0 Å². The van der Waals surface area contributed by atoms with Crippen molar-refractivity contribution in [3.8, 4) is 0 Å². The number of nitrogen functional groups attached to an aromatic ring is 1. The van der Waals surface area contributed by atoms with Crippen molar-refractivity contribution in [1.29, 1.82) is 0 Å². The molecule has 0 aliphatic rings. The lowest BCUT2D eigenvalue weighted by atomic mass is 10.3. The van der Waals surface area contributed by atoms with E-state index in [1.165, 1.54) is 24.5 Å². The van der Waals surface area contributed by atoms with Gasteiger partial charge in [0.1, 0.15) is 0 Å². The average molecular weight is 408 g/mol. The lowest BCUT2D eigenvalue weighted by Gasteiger charge is -2.24. The zero-order valence-corrected chi connectivity index (χ0v) is 19.4. The minimum atomic E-state index is 0.525. The van der Waals surface area contributed by atoms with Gasteiger partial charge in [-0.15, -0.1) is 58.8 Å². The van der Waals surface area contributed by atoms with Gasteiger partial charge in [-0.05, 0) is 12.5 Å². The summed E-state index contributed by atoms with van der Waals surface area (Å²) in [5, 5.41) is 1.62. The molecule has 0 aliphatic heterocycles. The molecule has 0 heterocycles. The standard InChI is InChI=1S/C17H29NS5/c1-9(2)21-14-12(18)13(19-7)16(22-10(3)4)15(20-8)17(14)23-11(5)6/h9-11H,18H2,1-8H3. The van der Waals surface area contributed by atoms with Crippen molar-refractivity contribution in [1.82, 2.24) is 0 Å². The first-order chi connectivity index (χ1) is 10.7. The van der Waals surface area contributed by atoms with Gasteiger partial charge < -0.3 is 5.73 Å². The Labute approximate surface area is 163 Å². The molecule has 0 aromatic heterocycles. The fraction of sp³-hybridized carbons (Fsp3) is 0.647. The number of hydrogen-bond acceptors (Lipinski definition) is 6. The second-order valence-electron chi connectivity index (χ2n) is 5.97. The predicted molar refractivity (Wildman–Crippen MR) is 117 cm³/mol. The molecule has 132 valence electrons. The Morgan fingerprint density at radius 3 is 1.26 bits per heavy atom. The number of nitrogens with two attached hydrogens (primary N) is 1. The van der Waals surface area contributed by atoms with Crippen molar-refractivity contribution in [2.75, 3.05) is 18.2 Å². The van der Waals surface area contributed by atoms with Gasteiger partial charge in [0.25, 0.3) is 0 Å². The highest BCUT2D eigenvalue weighted by Crippen LogP contribution is 2.53. The van der Waals surface area contributed by atoms with Crippen LogP contribution in [0.1, 0.15) is 41.5 Å². The van der Waals surface area contributed by atoms with Crippen LogP contribution in [0.3, 0.4) is 0 Å². The highest BCUT2D eigenvalue weighted by atomic mass is 32.2. The van der Waals surface area contributed by atoms with Gasteiger partial charge in [-0.25, -0.2) is 0 Å². The summed E-state index contributed by atoms with van der Waals surface area (Å²) in [7, 11) is 0. The van der Waals surface area contributed by atoms with Crippen LogP contribution < -0.4 is 5.73 Å². The van der Waals surface area contributed by atoms with E-state index in [0.717, 1.165) is 5.69 Å². The third-order valence-electron chi connectivity index (χ3n) is 2.78. The fourth-order valence-corrected chi connectivity index (χ4v) is 7.70. The van der Waals surface area contributed by atoms with Crippen molar-refractivity contribution < 1.29 is 0 Å². The molecule has 1 aromatic rings. The molecule has 0 saturated heterocycles. The van der Waals surface area contributed by atoms with E-state index < -0.39 is 0 Å². The Hall–Kier alpha value is 0.770. The van der Waals surface area contributed by atoms with Gasteiger partial charge in [-0.1, -0.05) is 41.5 Å². The highest BCUT2D eigenvalue weighted by Gasteiger charge is 2.24. The zero-order valence-electron chi connectivity index (χ0n) is 15.4. The fourth-order valence-electron chi connectivity index (χ4n) is 2.08. The molecule has 23 heavy (non-hydrogen) atoms. The number of rotatable bonds is 8. The van der Waals surface area contributed by atoms with Gasteiger partial charge in [0.05, 0.1) is 5.69 Å². The third-order valence-corrected chi connectivity index (χ3v) is 8.31. The maximum atomic E-state index is 6.64. The van der Waals surface area contributed by atoms with Crippen LogP contribution in [-0.2, 0) is 0 Å². The van der Waals surface area contributed by atoms with Gasteiger partial charge >= 0.3 is 0 Å². The van der Waals surface area contributed by atoms with Crippen molar-refractivity contribution in [2.45, 2.75) is 81.8 Å². The molecule has 0 saturated carbocycles. The van der Waals surface area contributed by atoms with Crippen molar-refractivity contribution >= 4 is 64.5 Å². The lowest BCUT2D eigenvalue weighted by molar-refractivity contribution is 0.949. The summed E-state index contributed by atoms with van der Waals surface area (Å²) in [6.07, 6.45) is 4.33. The molecule has 0 radical (unpaired) electrons. The van der Waals surface area contributed by atoms with Crippen LogP contribution in [-0.4, -0.2) is 28.3 Å². The second-order valence-corrected chi connectivity index (χ2v) is 12.4. The van der Waals surface area contributed by atoms with Gasteiger partial charge in [0.2, 0.25) is 0 Å². The van der Waals surface area contributed by atoms with E-state index in [-0.39, 0.29) is 0 Å². The normalized spacial score (nSPS) is 12.0. The largest absolute Gasteiger partial charge is 0.397 e. The Morgan fingerprint density at radius 2 is 0.913 bits per heavy atom. The molecule has 0 aliphatic carbocycles. The van der Waals surface area contributed by atoms with Crippen LogP contribution in [0.25, 0.3) is 0 Å². The minimum absolute atomic E-state index is 0.525. The molecule has 0 spiro atoms. The monoisotopic (exact) mass is 407 g/mol. The van der Waals surface area contributed by atoms with E-state index in [1.807, 2.05) is 47.0 Å². The minimum Gasteiger partial charge on any atom is -0.397 e. The zero-order chi connectivity index (χ0) is 17.7. The van der Waals surface area contributed by atoms with E-state index in [0.29, 0.717) is 15.7 Å². The number of benzene rings is 1. The third kappa shape index (κ3) is 5.91. The molecular weight excluding hydrogens is 379 g/mol. The summed E-state index contributed by atoms with van der Waals surface area (Å²) in [6.45, 7) is 13.5. The van der Waals surface area contributed by atoms with Crippen LogP contribution in [0, 0.1) is 0 Å². The molecule has 0 unspecified atom stereocenters. The molecule has 2 N–H and O–H groups in total. The van der Waals surface area contributed by atoms with Crippen LogP contribution in [0.4, 0.5) is 5.69 Å². The Kier molecular flexibility index (Phi) is 9.53. The summed E-state index contributed by atoms with van der Waals surface area (Å²) >= 11 is 9.43. The molecule has 0 amide bonds. The predicted octanol–water partition coefficient (Wildman–Crippen LogP) is 7.21. The topological polar surface area (TPSA) is 26.0 Å². The SMILES string of the molecule is CSc1c(N)c(SC(C)C)c(SC(C)C)c(SC)c1SC(C)C. The molecule has 0 atom stereocenters. The van der Waals surface area contributed by atoms with Gasteiger partial charge in [-0.3, -0.25) is 0 Å². The first-order valence-electron chi connectivity index (χ1n) is 7.80. The van der Waals surface area contributed by atoms with Crippen LogP contribution in [0.15, 0.2) is 24.5 Å². The van der Waals surface area contributed by atoms with E-state index in [9.17, 15) is 0 Å². The highest BCUT2D eigenvalue weighted by molar-refractivity contribution is 8.05. The summed E-state index contributed by atoms with van der Waals surface area (Å²) in [4.78, 5) is 6.69. The van der Waals surface area contributed by atoms with Crippen LogP contribution in [0.2, 0.25) is 0 Å². The van der Waals surface area contributed by atoms with Gasteiger partial charge in [0.15, 0.2) is 0 Å². The van der Waals surface area contributed by atoms with Gasteiger partial charge in [-0.2, -0.15) is 0 Å². The van der Waals surface area contributed by atoms with E-state index in [4.69, 9.17) is 5.73 Å². The first-order valence-corrected chi connectivity index (χ1v) is 12.9. The summed E-state index contributed by atoms with van der Waals surface area (Å²) in [6, 6.07) is 0. The molecular formula is C17H29NS5. The number of hydrogen-bond donors (Lipinski definition) is 1. The maximum Gasteiger partial charge on any atom is 0.0614 e. The van der Waals surface area contributed by atoms with E-state index in [2.05, 4.69) is 54.1 Å². The smallest absolute Gasteiger partial charge is 0.0614 e. The Balaban J connectivity index is 3.68. The van der Waals surface area contributed by atoms with Crippen molar-refractivity contribution in [2.24, 2.45) is 0 Å². The quantitative estimate of drug-likeness (QED) is 0.361. The first kappa shape index (κ1) is 21.8. The van der Waals surface area contributed by atoms with E-state index >= 15 is 0 Å². The second kappa shape index (κ2) is 10.0. The Morgan fingerprint density at radius 1 is 0.565 bits per heavy atom. The molecule has 0 bridgehead atoms.